The van der Waals surface area contributed by atoms with Gasteiger partial charge in [0.1, 0.15) is 10.7 Å². The van der Waals surface area contributed by atoms with Crippen molar-refractivity contribution in [2.24, 2.45) is 0 Å². The third kappa shape index (κ3) is 2.85. The van der Waals surface area contributed by atoms with Gasteiger partial charge < -0.3 is 5.73 Å². The van der Waals surface area contributed by atoms with E-state index in [-0.39, 0.29) is 17.1 Å². The number of halogens is 1. The highest BCUT2D eigenvalue weighted by Crippen LogP contribution is 2.29. The molecule has 0 spiro atoms. The normalized spacial score (nSPS) is 11.4. The van der Waals surface area contributed by atoms with Gasteiger partial charge in [-0.1, -0.05) is 12.1 Å². The van der Waals surface area contributed by atoms with Gasteiger partial charge in [-0.2, -0.15) is 0 Å². The molecule has 0 aliphatic heterocycles. The highest BCUT2D eigenvalue weighted by Gasteiger charge is 2.27. The molecule has 112 valence electrons. The molecule has 0 aliphatic carbocycles. The molecule has 0 heterocycles. The lowest BCUT2D eigenvalue weighted by atomic mass is 10.2. The number of hydrogen-bond acceptors (Lipinski definition) is 3. The smallest absolute Gasteiger partial charge is 0.266 e. The molecule has 6 heteroatoms. The van der Waals surface area contributed by atoms with Gasteiger partial charge in [-0.3, -0.25) is 4.31 Å². The predicted molar refractivity (Wildman–Crippen MR) is 82.2 cm³/mol. The molecule has 2 rings (SSSR count). The van der Waals surface area contributed by atoms with E-state index in [0.717, 1.165) is 0 Å². The molecule has 2 aromatic carbocycles. The van der Waals surface area contributed by atoms with Crippen LogP contribution in [0.2, 0.25) is 0 Å². The second kappa shape index (κ2) is 5.73. The van der Waals surface area contributed by atoms with Crippen molar-refractivity contribution in [3.8, 4) is 0 Å². The SMILES string of the molecule is CCN(c1ccc(F)cc1)S(=O)(=O)c1c(C)cccc1N. The van der Waals surface area contributed by atoms with Crippen molar-refractivity contribution in [1.29, 1.82) is 0 Å². The molecule has 0 fully saturated rings. The Labute approximate surface area is 124 Å². The van der Waals surface area contributed by atoms with Gasteiger partial charge >= 0.3 is 0 Å². The molecule has 4 nitrogen and oxygen atoms in total. The molecule has 0 bridgehead atoms. The molecule has 0 atom stereocenters. The average molecular weight is 308 g/mol. The average Bonchev–Trinajstić information content (AvgIpc) is 2.41. The third-order valence-corrected chi connectivity index (χ3v) is 5.32. The minimum Gasteiger partial charge on any atom is -0.398 e. The van der Waals surface area contributed by atoms with Crippen LogP contribution in [-0.2, 0) is 10.0 Å². The maximum Gasteiger partial charge on any atom is 0.266 e. The molecular weight excluding hydrogens is 291 g/mol. The van der Waals surface area contributed by atoms with E-state index < -0.39 is 15.8 Å². The van der Waals surface area contributed by atoms with Crippen LogP contribution in [0.4, 0.5) is 15.8 Å². The van der Waals surface area contributed by atoms with E-state index >= 15 is 0 Å². The van der Waals surface area contributed by atoms with Gasteiger partial charge in [0.25, 0.3) is 10.0 Å². The minimum absolute atomic E-state index is 0.0937. The lowest BCUT2D eigenvalue weighted by Crippen LogP contribution is -2.31. The minimum atomic E-state index is -3.79. The Morgan fingerprint density at radius 1 is 1.14 bits per heavy atom. The molecule has 2 aromatic rings. The van der Waals surface area contributed by atoms with Crippen molar-refractivity contribution in [3.63, 3.8) is 0 Å². The van der Waals surface area contributed by atoms with Crippen molar-refractivity contribution in [2.75, 3.05) is 16.6 Å². The second-order valence-corrected chi connectivity index (χ2v) is 6.44. The first kappa shape index (κ1) is 15.3. The first-order chi connectivity index (χ1) is 9.87. The second-order valence-electron chi connectivity index (χ2n) is 4.64. The van der Waals surface area contributed by atoms with Crippen molar-refractivity contribution >= 4 is 21.4 Å². The number of sulfonamides is 1. The molecule has 0 unspecified atom stereocenters. The highest BCUT2D eigenvalue weighted by molar-refractivity contribution is 7.93. The largest absolute Gasteiger partial charge is 0.398 e. The Hall–Kier alpha value is -2.08. The molecule has 0 radical (unpaired) electrons. The summed E-state index contributed by atoms with van der Waals surface area (Å²) in [5, 5.41) is 0. The maximum absolute atomic E-state index is 13.0. The van der Waals surface area contributed by atoms with E-state index in [4.69, 9.17) is 5.73 Å². The number of nitrogens with two attached hydrogens (primary N) is 1. The van der Waals surface area contributed by atoms with Gasteiger partial charge in [0.05, 0.1) is 11.4 Å². The molecule has 0 aromatic heterocycles. The molecule has 21 heavy (non-hydrogen) atoms. The number of nitrogens with zero attached hydrogens (tertiary/aromatic N) is 1. The van der Waals surface area contributed by atoms with E-state index in [0.29, 0.717) is 11.3 Å². The molecule has 0 saturated heterocycles. The Kier molecular flexibility index (Phi) is 4.18. The fourth-order valence-corrected chi connectivity index (χ4v) is 4.04. The summed E-state index contributed by atoms with van der Waals surface area (Å²) in [6.45, 7) is 3.64. The summed E-state index contributed by atoms with van der Waals surface area (Å²) in [7, 11) is -3.79. The Balaban J connectivity index is 2.58. The number of hydrogen-bond donors (Lipinski definition) is 1. The quantitative estimate of drug-likeness (QED) is 0.883. The van der Waals surface area contributed by atoms with Crippen molar-refractivity contribution in [3.05, 3.63) is 53.8 Å². The van der Waals surface area contributed by atoms with Crippen LogP contribution in [0.5, 0.6) is 0 Å². The van der Waals surface area contributed by atoms with Crippen LogP contribution in [0.15, 0.2) is 47.4 Å². The van der Waals surface area contributed by atoms with Crippen LogP contribution in [-0.4, -0.2) is 15.0 Å². The Bertz CT molecular complexity index is 723. The molecule has 0 amide bonds. The summed E-state index contributed by atoms with van der Waals surface area (Å²) in [6, 6.07) is 10.3. The zero-order chi connectivity index (χ0) is 15.6. The number of anilines is 2. The zero-order valence-corrected chi connectivity index (χ0v) is 12.7. The van der Waals surface area contributed by atoms with Crippen LogP contribution < -0.4 is 10.0 Å². The summed E-state index contributed by atoms with van der Waals surface area (Å²) >= 11 is 0. The lowest BCUT2D eigenvalue weighted by Gasteiger charge is -2.24. The summed E-state index contributed by atoms with van der Waals surface area (Å²) in [6.07, 6.45) is 0. The van der Waals surface area contributed by atoms with Gasteiger partial charge in [0, 0.05) is 6.54 Å². The topological polar surface area (TPSA) is 63.4 Å². The van der Waals surface area contributed by atoms with Gasteiger partial charge in [0.15, 0.2) is 0 Å². The predicted octanol–water partition coefficient (Wildman–Crippen LogP) is 2.93. The van der Waals surface area contributed by atoms with E-state index in [1.54, 1.807) is 32.0 Å². The van der Waals surface area contributed by atoms with E-state index in [1.807, 2.05) is 0 Å². The Morgan fingerprint density at radius 3 is 2.29 bits per heavy atom. The fourth-order valence-electron chi connectivity index (χ4n) is 2.24. The number of nitrogen functional groups attached to an aromatic ring is 1. The van der Waals surface area contributed by atoms with Crippen LogP contribution >= 0.6 is 0 Å². The van der Waals surface area contributed by atoms with E-state index in [9.17, 15) is 12.8 Å². The lowest BCUT2D eigenvalue weighted by molar-refractivity contribution is 0.591. The molecular formula is C15H17FN2O2S. The van der Waals surface area contributed by atoms with Crippen molar-refractivity contribution in [1.82, 2.24) is 0 Å². The van der Waals surface area contributed by atoms with Gasteiger partial charge in [-0.05, 0) is 49.7 Å². The Morgan fingerprint density at radius 2 is 1.76 bits per heavy atom. The highest BCUT2D eigenvalue weighted by atomic mass is 32.2. The maximum atomic E-state index is 13.0. The van der Waals surface area contributed by atoms with Crippen molar-refractivity contribution < 1.29 is 12.8 Å². The number of benzene rings is 2. The number of aryl methyl sites for hydroxylation is 1. The summed E-state index contributed by atoms with van der Waals surface area (Å²) < 4.78 is 39.9. The molecule has 0 saturated carbocycles. The van der Waals surface area contributed by atoms with Crippen LogP contribution in [0.1, 0.15) is 12.5 Å². The summed E-state index contributed by atoms with van der Waals surface area (Å²) in [5.74, 6) is -0.414. The van der Waals surface area contributed by atoms with Gasteiger partial charge in [-0.15, -0.1) is 0 Å². The molecule has 2 N–H and O–H groups in total. The molecule has 0 aliphatic rings. The monoisotopic (exact) mass is 308 g/mol. The first-order valence-corrected chi connectivity index (χ1v) is 7.95. The zero-order valence-electron chi connectivity index (χ0n) is 11.9. The standard InChI is InChI=1S/C15H17FN2O2S/c1-3-18(13-9-7-12(16)8-10-13)21(19,20)15-11(2)5-4-6-14(15)17/h4-10H,3,17H2,1-2H3. The van der Waals surface area contributed by atoms with Crippen molar-refractivity contribution in [2.45, 2.75) is 18.7 Å². The van der Waals surface area contributed by atoms with E-state index in [1.165, 1.54) is 28.6 Å². The third-order valence-electron chi connectivity index (χ3n) is 3.19. The summed E-state index contributed by atoms with van der Waals surface area (Å²) in [5.41, 5.74) is 7.02. The van der Waals surface area contributed by atoms with Crippen LogP contribution in [0.25, 0.3) is 0 Å². The van der Waals surface area contributed by atoms with Gasteiger partial charge in [-0.25, -0.2) is 12.8 Å². The van der Waals surface area contributed by atoms with Gasteiger partial charge in [0.2, 0.25) is 0 Å². The van der Waals surface area contributed by atoms with Crippen LogP contribution in [0, 0.1) is 12.7 Å². The summed E-state index contributed by atoms with van der Waals surface area (Å²) in [4.78, 5) is 0.0937. The van der Waals surface area contributed by atoms with E-state index in [2.05, 4.69) is 0 Å². The number of rotatable bonds is 4. The first-order valence-electron chi connectivity index (χ1n) is 6.51. The fraction of sp³-hybridized carbons (Fsp3) is 0.200. The van der Waals surface area contributed by atoms with Crippen LogP contribution in [0.3, 0.4) is 0 Å².